The molecule has 0 unspecified atom stereocenters. The standard InChI is InChI=1S/C6H2N4/c7-2-1-6(3-8,4-9)5-10/h7H2. The smallest absolute Gasteiger partial charge is 0.289 e. The number of nitrogens with two attached hydrogens (primary N) is 1. The maximum absolute atomic E-state index is 8.25. The summed E-state index contributed by atoms with van der Waals surface area (Å²) < 4.78 is 0. The quantitative estimate of drug-likeness (QED) is 0.351. The van der Waals surface area contributed by atoms with Crippen LogP contribution in [0.2, 0.25) is 0 Å². The van der Waals surface area contributed by atoms with E-state index < -0.39 is 5.41 Å². The highest BCUT2D eigenvalue weighted by Gasteiger charge is 2.26. The molecular weight excluding hydrogens is 128 g/mol. The van der Waals surface area contributed by atoms with Gasteiger partial charge in [0.2, 0.25) is 0 Å². The van der Waals surface area contributed by atoms with Gasteiger partial charge in [0.1, 0.15) is 18.2 Å². The SMILES string of the molecule is N#CC(C#N)(C#N)C#CN. The van der Waals surface area contributed by atoms with Gasteiger partial charge in [-0.05, 0) is 5.92 Å². The topological polar surface area (TPSA) is 97.4 Å². The van der Waals surface area contributed by atoms with Crippen molar-refractivity contribution in [1.82, 2.24) is 0 Å². The van der Waals surface area contributed by atoms with Gasteiger partial charge in [0.05, 0.1) is 0 Å². The maximum Gasteiger partial charge on any atom is 0.289 e. The van der Waals surface area contributed by atoms with Crippen LogP contribution in [0.3, 0.4) is 0 Å². The fraction of sp³-hybridized carbons (Fsp3) is 0.167. The summed E-state index contributed by atoms with van der Waals surface area (Å²) in [6.45, 7) is 0. The summed E-state index contributed by atoms with van der Waals surface area (Å²) in [7, 11) is 0. The van der Waals surface area contributed by atoms with Crippen molar-refractivity contribution < 1.29 is 0 Å². The van der Waals surface area contributed by atoms with Gasteiger partial charge in [0.25, 0.3) is 5.41 Å². The van der Waals surface area contributed by atoms with Gasteiger partial charge < -0.3 is 5.73 Å². The number of hydrogen-bond donors (Lipinski definition) is 1. The molecule has 0 atom stereocenters. The van der Waals surface area contributed by atoms with E-state index in [0.717, 1.165) is 0 Å². The Morgan fingerprint density at radius 1 is 1.00 bits per heavy atom. The van der Waals surface area contributed by atoms with Crippen molar-refractivity contribution in [3.63, 3.8) is 0 Å². The molecule has 2 N–H and O–H groups in total. The maximum atomic E-state index is 8.25. The van der Waals surface area contributed by atoms with Crippen LogP contribution in [0.5, 0.6) is 0 Å². The normalized spacial score (nSPS) is 7.30. The van der Waals surface area contributed by atoms with Crippen molar-refractivity contribution >= 4 is 0 Å². The molecule has 0 aromatic rings. The zero-order valence-corrected chi connectivity index (χ0v) is 4.92. The van der Waals surface area contributed by atoms with E-state index in [-0.39, 0.29) is 0 Å². The monoisotopic (exact) mass is 130 g/mol. The Bertz CT molecular complexity index is 262. The van der Waals surface area contributed by atoms with Crippen LogP contribution in [0.1, 0.15) is 0 Å². The fourth-order valence-corrected chi connectivity index (χ4v) is 0.267. The molecule has 0 saturated heterocycles. The molecule has 0 spiro atoms. The second-order valence-electron chi connectivity index (χ2n) is 1.35. The lowest BCUT2D eigenvalue weighted by atomic mass is 9.96. The highest BCUT2D eigenvalue weighted by atomic mass is 14.5. The van der Waals surface area contributed by atoms with Crippen LogP contribution in [0.15, 0.2) is 0 Å². The lowest BCUT2D eigenvalue weighted by Gasteiger charge is -1.93. The Hall–Kier alpha value is -2.17. The molecule has 10 heavy (non-hydrogen) atoms. The summed E-state index contributed by atoms with van der Waals surface area (Å²) in [5.41, 5.74) is 2.83. The molecule has 0 heterocycles. The van der Waals surface area contributed by atoms with E-state index in [4.69, 9.17) is 21.5 Å². The van der Waals surface area contributed by atoms with Crippen molar-refractivity contribution in [2.75, 3.05) is 0 Å². The van der Waals surface area contributed by atoms with Crippen molar-refractivity contribution in [3.8, 4) is 30.2 Å². The average Bonchev–Trinajstić information content (AvgIpc) is 2.01. The zero-order valence-electron chi connectivity index (χ0n) is 4.92. The van der Waals surface area contributed by atoms with Crippen LogP contribution in [0.4, 0.5) is 0 Å². The Morgan fingerprint density at radius 3 is 1.50 bits per heavy atom. The molecule has 0 aliphatic rings. The molecule has 4 heteroatoms. The van der Waals surface area contributed by atoms with E-state index in [2.05, 4.69) is 0 Å². The molecule has 0 amide bonds. The predicted molar refractivity (Wildman–Crippen MR) is 31.2 cm³/mol. The lowest BCUT2D eigenvalue weighted by molar-refractivity contribution is 0.912. The second kappa shape index (κ2) is 2.98. The minimum Gasteiger partial charge on any atom is -0.359 e. The first kappa shape index (κ1) is 7.83. The molecule has 0 aliphatic carbocycles. The van der Waals surface area contributed by atoms with E-state index in [1.54, 1.807) is 0 Å². The first-order valence-corrected chi connectivity index (χ1v) is 2.21. The first-order chi connectivity index (χ1) is 4.74. The summed E-state index contributed by atoms with van der Waals surface area (Å²) in [5.74, 6) is 1.99. The third-order valence-electron chi connectivity index (χ3n) is 0.763. The van der Waals surface area contributed by atoms with Crippen molar-refractivity contribution in [3.05, 3.63) is 0 Å². The number of nitrogens with zero attached hydrogens (tertiary/aromatic N) is 3. The molecule has 0 rings (SSSR count). The summed E-state index contributed by atoms with van der Waals surface area (Å²) in [6.07, 6.45) is 0. The largest absolute Gasteiger partial charge is 0.359 e. The highest BCUT2D eigenvalue weighted by molar-refractivity contribution is 5.39. The Morgan fingerprint density at radius 2 is 1.40 bits per heavy atom. The van der Waals surface area contributed by atoms with Crippen LogP contribution in [-0.2, 0) is 0 Å². The Kier molecular flexibility index (Phi) is 2.33. The van der Waals surface area contributed by atoms with Gasteiger partial charge in [-0.25, -0.2) is 0 Å². The fourth-order valence-electron chi connectivity index (χ4n) is 0.267. The Labute approximate surface area is 58.1 Å². The van der Waals surface area contributed by atoms with Gasteiger partial charge >= 0.3 is 0 Å². The number of hydrogen-bond acceptors (Lipinski definition) is 4. The molecule has 0 bridgehead atoms. The minimum atomic E-state index is -1.89. The summed E-state index contributed by atoms with van der Waals surface area (Å²) >= 11 is 0. The zero-order chi connectivity index (χ0) is 8.04. The van der Waals surface area contributed by atoms with E-state index in [0.29, 0.717) is 0 Å². The average molecular weight is 130 g/mol. The molecule has 0 radical (unpaired) electrons. The van der Waals surface area contributed by atoms with Gasteiger partial charge in [-0.3, -0.25) is 0 Å². The molecule has 0 aromatic heterocycles. The first-order valence-electron chi connectivity index (χ1n) is 2.21. The van der Waals surface area contributed by atoms with Crippen molar-refractivity contribution in [1.29, 1.82) is 15.8 Å². The third-order valence-corrected chi connectivity index (χ3v) is 0.763. The molecule has 46 valence electrons. The number of rotatable bonds is 0. The van der Waals surface area contributed by atoms with Crippen molar-refractivity contribution in [2.24, 2.45) is 11.1 Å². The summed E-state index contributed by atoms with van der Waals surface area (Å²) in [5, 5.41) is 24.8. The van der Waals surface area contributed by atoms with E-state index in [1.807, 2.05) is 12.0 Å². The molecule has 0 aliphatic heterocycles. The van der Waals surface area contributed by atoms with Gasteiger partial charge in [-0.2, -0.15) is 15.8 Å². The van der Waals surface area contributed by atoms with Gasteiger partial charge in [0.15, 0.2) is 0 Å². The molecule has 0 aromatic carbocycles. The number of nitriles is 3. The van der Waals surface area contributed by atoms with Gasteiger partial charge in [-0.1, -0.05) is 0 Å². The lowest BCUT2D eigenvalue weighted by Crippen LogP contribution is -2.10. The van der Waals surface area contributed by atoms with Crippen molar-refractivity contribution in [2.45, 2.75) is 0 Å². The molecule has 4 nitrogen and oxygen atoms in total. The van der Waals surface area contributed by atoms with Crippen LogP contribution in [0.25, 0.3) is 0 Å². The third kappa shape index (κ3) is 1.16. The molecule has 0 saturated carbocycles. The Balaban J connectivity index is 4.93. The predicted octanol–water partition coefficient (Wildman–Crippen LogP) is -0.537. The summed E-state index contributed by atoms with van der Waals surface area (Å²) in [6, 6.07) is 6.16. The van der Waals surface area contributed by atoms with E-state index in [9.17, 15) is 0 Å². The minimum absolute atomic E-state index is 1.44. The molecule has 0 fully saturated rings. The van der Waals surface area contributed by atoms with Crippen LogP contribution in [0, 0.1) is 51.4 Å². The highest BCUT2D eigenvalue weighted by Crippen LogP contribution is 2.09. The van der Waals surface area contributed by atoms with E-state index >= 15 is 0 Å². The van der Waals surface area contributed by atoms with Crippen LogP contribution in [-0.4, -0.2) is 0 Å². The van der Waals surface area contributed by atoms with E-state index in [1.165, 1.54) is 18.2 Å². The van der Waals surface area contributed by atoms with Crippen LogP contribution >= 0.6 is 0 Å². The van der Waals surface area contributed by atoms with Crippen LogP contribution < -0.4 is 5.73 Å². The molecular formula is C6H2N4. The summed E-state index contributed by atoms with van der Waals surface area (Å²) in [4.78, 5) is 0. The second-order valence-corrected chi connectivity index (χ2v) is 1.35. The van der Waals surface area contributed by atoms with Gasteiger partial charge in [0, 0.05) is 6.04 Å². The van der Waals surface area contributed by atoms with Gasteiger partial charge in [-0.15, -0.1) is 0 Å².